The number of nitrogens with zero attached hydrogens (tertiary/aromatic N) is 1. The summed E-state index contributed by atoms with van der Waals surface area (Å²) in [6.45, 7) is 3.05. The van der Waals surface area contributed by atoms with Gasteiger partial charge in [0.1, 0.15) is 5.75 Å². The normalized spacial score (nSPS) is 18.5. The lowest BCUT2D eigenvalue weighted by Gasteiger charge is -2.18. The lowest BCUT2D eigenvalue weighted by molar-refractivity contribution is 0.166. The molecular formula is C15H23N3O3. The first kappa shape index (κ1) is 15.6. The second-order valence-electron chi connectivity index (χ2n) is 5.21. The van der Waals surface area contributed by atoms with Crippen LogP contribution in [0, 0.1) is 0 Å². The first-order chi connectivity index (χ1) is 10.2. The summed E-state index contributed by atoms with van der Waals surface area (Å²) in [5.41, 5.74) is 7.91. The van der Waals surface area contributed by atoms with Crippen molar-refractivity contribution in [1.29, 1.82) is 0 Å². The molecule has 0 bridgehead atoms. The van der Waals surface area contributed by atoms with Crippen LogP contribution in [0.3, 0.4) is 0 Å². The molecule has 0 radical (unpaired) electrons. The smallest absolute Gasteiger partial charge is 0.407 e. The van der Waals surface area contributed by atoms with Crippen LogP contribution >= 0.6 is 0 Å². The standard InChI is InChI=1S/C15H23N3O3/c1-20-14-4-3-11(8-16)7-12(14)9-18-6-5-13(10-18)17-15(19)21-2/h3-4,7,13H,5-6,8-10,16H2,1-2H3,(H,17,19). The van der Waals surface area contributed by atoms with Gasteiger partial charge in [-0.05, 0) is 24.1 Å². The van der Waals surface area contributed by atoms with E-state index < -0.39 is 0 Å². The van der Waals surface area contributed by atoms with Crippen molar-refractivity contribution < 1.29 is 14.3 Å². The van der Waals surface area contributed by atoms with E-state index in [1.165, 1.54) is 7.11 Å². The van der Waals surface area contributed by atoms with Gasteiger partial charge >= 0.3 is 6.09 Å². The van der Waals surface area contributed by atoms with Gasteiger partial charge in [0, 0.05) is 37.8 Å². The molecule has 0 spiro atoms. The molecule has 0 aliphatic carbocycles. The number of methoxy groups -OCH3 is 2. The minimum Gasteiger partial charge on any atom is -0.496 e. The van der Waals surface area contributed by atoms with E-state index in [2.05, 4.69) is 21.0 Å². The molecule has 0 saturated carbocycles. The Morgan fingerprint density at radius 1 is 1.48 bits per heavy atom. The zero-order valence-corrected chi connectivity index (χ0v) is 12.6. The number of nitrogens with one attached hydrogen (secondary N) is 1. The summed E-state index contributed by atoms with van der Waals surface area (Å²) in [5.74, 6) is 0.872. The van der Waals surface area contributed by atoms with Crippen molar-refractivity contribution >= 4 is 6.09 Å². The van der Waals surface area contributed by atoms with Gasteiger partial charge in [0.05, 0.1) is 14.2 Å². The number of nitrogens with two attached hydrogens (primary N) is 1. The number of alkyl carbamates (subject to hydrolysis) is 1. The van der Waals surface area contributed by atoms with E-state index in [0.717, 1.165) is 42.9 Å². The maximum Gasteiger partial charge on any atom is 0.407 e. The summed E-state index contributed by atoms with van der Waals surface area (Å²) >= 11 is 0. The Kier molecular flexibility index (Phi) is 5.41. The number of benzene rings is 1. The quantitative estimate of drug-likeness (QED) is 0.849. The summed E-state index contributed by atoms with van der Waals surface area (Å²) in [7, 11) is 3.05. The molecule has 1 aromatic rings. The number of ether oxygens (including phenoxy) is 2. The Morgan fingerprint density at radius 3 is 2.95 bits per heavy atom. The van der Waals surface area contributed by atoms with Crippen molar-refractivity contribution in [2.45, 2.75) is 25.6 Å². The van der Waals surface area contributed by atoms with Crippen LogP contribution in [0.1, 0.15) is 17.5 Å². The highest BCUT2D eigenvalue weighted by Gasteiger charge is 2.24. The van der Waals surface area contributed by atoms with Gasteiger partial charge in [0.25, 0.3) is 0 Å². The van der Waals surface area contributed by atoms with Gasteiger partial charge in [-0.2, -0.15) is 0 Å². The Labute approximate surface area is 125 Å². The minimum atomic E-state index is -0.371. The van der Waals surface area contributed by atoms with Crippen LogP contribution in [0.15, 0.2) is 18.2 Å². The fourth-order valence-corrected chi connectivity index (χ4v) is 2.64. The van der Waals surface area contributed by atoms with E-state index >= 15 is 0 Å². The number of carbonyl (C=O) groups is 1. The molecule has 1 fully saturated rings. The van der Waals surface area contributed by atoms with E-state index in [1.54, 1.807) is 7.11 Å². The number of likely N-dealkylation sites (tertiary alicyclic amines) is 1. The largest absolute Gasteiger partial charge is 0.496 e. The highest BCUT2D eigenvalue weighted by atomic mass is 16.5. The van der Waals surface area contributed by atoms with Crippen LogP contribution in [-0.4, -0.2) is 44.3 Å². The van der Waals surface area contributed by atoms with Crippen molar-refractivity contribution in [3.8, 4) is 5.75 Å². The van der Waals surface area contributed by atoms with E-state index in [4.69, 9.17) is 10.5 Å². The average Bonchev–Trinajstić information content (AvgIpc) is 2.94. The zero-order valence-electron chi connectivity index (χ0n) is 12.6. The Bertz CT molecular complexity index is 493. The minimum absolute atomic E-state index is 0.140. The third-order valence-electron chi connectivity index (χ3n) is 3.75. The van der Waals surface area contributed by atoms with E-state index in [1.807, 2.05) is 12.1 Å². The van der Waals surface area contributed by atoms with Crippen molar-refractivity contribution in [3.05, 3.63) is 29.3 Å². The van der Waals surface area contributed by atoms with E-state index in [0.29, 0.717) is 6.54 Å². The molecule has 0 aromatic heterocycles. The number of hydrogen-bond acceptors (Lipinski definition) is 5. The second kappa shape index (κ2) is 7.28. The monoisotopic (exact) mass is 293 g/mol. The second-order valence-corrected chi connectivity index (χ2v) is 5.21. The summed E-state index contributed by atoms with van der Waals surface area (Å²) in [4.78, 5) is 13.5. The average molecular weight is 293 g/mol. The zero-order chi connectivity index (χ0) is 15.2. The molecule has 1 saturated heterocycles. The summed E-state index contributed by atoms with van der Waals surface area (Å²) < 4.78 is 10.0. The van der Waals surface area contributed by atoms with Gasteiger partial charge < -0.3 is 20.5 Å². The van der Waals surface area contributed by atoms with Crippen LogP contribution in [0.2, 0.25) is 0 Å². The molecule has 1 aliphatic heterocycles. The lowest BCUT2D eigenvalue weighted by atomic mass is 10.1. The van der Waals surface area contributed by atoms with Crippen molar-refractivity contribution in [2.75, 3.05) is 27.3 Å². The fourth-order valence-electron chi connectivity index (χ4n) is 2.64. The molecule has 21 heavy (non-hydrogen) atoms. The van der Waals surface area contributed by atoms with Gasteiger partial charge in [-0.15, -0.1) is 0 Å². The van der Waals surface area contributed by atoms with Gasteiger partial charge in [-0.1, -0.05) is 6.07 Å². The highest BCUT2D eigenvalue weighted by Crippen LogP contribution is 2.23. The van der Waals surface area contributed by atoms with Crippen LogP contribution in [0.4, 0.5) is 4.79 Å². The molecule has 1 heterocycles. The molecule has 1 aromatic carbocycles. The lowest BCUT2D eigenvalue weighted by Crippen LogP contribution is -2.36. The predicted molar refractivity (Wildman–Crippen MR) is 80.1 cm³/mol. The first-order valence-electron chi connectivity index (χ1n) is 7.09. The van der Waals surface area contributed by atoms with Crippen LogP contribution in [-0.2, 0) is 17.8 Å². The van der Waals surface area contributed by atoms with Crippen LogP contribution in [0.25, 0.3) is 0 Å². The first-order valence-corrected chi connectivity index (χ1v) is 7.09. The molecule has 6 nitrogen and oxygen atoms in total. The Hall–Kier alpha value is -1.79. The third-order valence-corrected chi connectivity index (χ3v) is 3.75. The molecule has 2 rings (SSSR count). The molecular weight excluding hydrogens is 270 g/mol. The molecule has 6 heteroatoms. The van der Waals surface area contributed by atoms with Crippen molar-refractivity contribution in [3.63, 3.8) is 0 Å². The number of hydrogen-bond donors (Lipinski definition) is 2. The van der Waals surface area contributed by atoms with Crippen LogP contribution in [0.5, 0.6) is 5.75 Å². The molecule has 1 amide bonds. The van der Waals surface area contributed by atoms with Gasteiger partial charge in [0.2, 0.25) is 0 Å². The number of rotatable bonds is 5. The van der Waals surface area contributed by atoms with E-state index in [-0.39, 0.29) is 12.1 Å². The maximum atomic E-state index is 11.2. The summed E-state index contributed by atoms with van der Waals surface area (Å²) in [5, 5.41) is 2.84. The molecule has 1 atom stereocenters. The van der Waals surface area contributed by atoms with Gasteiger partial charge in [-0.3, -0.25) is 4.90 Å². The summed E-state index contributed by atoms with van der Waals surface area (Å²) in [6, 6.07) is 6.16. The predicted octanol–water partition coefficient (Wildman–Crippen LogP) is 1.08. The van der Waals surface area contributed by atoms with E-state index in [9.17, 15) is 4.79 Å². The molecule has 1 aliphatic rings. The van der Waals surface area contributed by atoms with Crippen molar-refractivity contribution in [1.82, 2.24) is 10.2 Å². The maximum absolute atomic E-state index is 11.2. The van der Waals surface area contributed by atoms with Crippen molar-refractivity contribution in [2.24, 2.45) is 5.73 Å². The molecule has 116 valence electrons. The fraction of sp³-hybridized carbons (Fsp3) is 0.533. The van der Waals surface area contributed by atoms with Gasteiger partial charge in [-0.25, -0.2) is 4.79 Å². The SMILES string of the molecule is COC(=O)NC1CCN(Cc2cc(CN)ccc2OC)C1. The van der Waals surface area contributed by atoms with Crippen LogP contribution < -0.4 is 15.8 Å². The Balaban J connectivity index is 1.97. The Morgan fingerprint density at radius 2 is 2.29 bits per heavy atom. The van der Waals surface area contributed by atoms with Gasteiger partial charge in [0.15, 0.2) is 0 Å². The number of amides is 1. The third kappa shape index (κ3) is 4.09. The molecule has 1 unspecified atom stereocenters. The molecule has 3 N–H and O–H groups in total. The highest BCUT2D eigenvalue weighted by molar-refractivity contribution is 5.67. The topological polar surface area (TPSA) is 76.8 Å². The summed E-state index contributed by atoms with van der Waals surface area (Å²) in [6.07, 6.45) is 0.554. The number of carbonyl (C=O) groups excluding carboxylic acids is 1.